The zero-order valence-corrected chi connectivity index (χ0v) is 16.4. The van der Waals surface area contributed by atoms with Crippen LogP contribution in [0.3, 0.4) is 0 Å². The largest absolute Gasteiger partial charge is 0.481 e. The number of benzene rings is 1. The third kappa shape index (κ3) is 6.23. The third-order valence-corrected chi connectivity index (χ3v) is 5.88. The lowest BCUT2D eigenvalue weighted by Gasteiger charge is -2.32. The number of hydrogen-bond acceptors (Lipinski definition) is 4. The Hall–Kier alpha value is -2.09. The molecule has 27 heavy (non-hydrogen) atoms. The first-order valence-electron chi connectivity index (χ1n) is 8.92. The standard InChI is InChI=1S/C19H25FN2O4S/c1-13(12-27-16-7-5-15(20)6-8-16)18(24)21(2)11-17(23)22-9-3-4-14(10-22)19(25)26/h5-8,13-14H,3-4,9-12H2,1-2H3,(H,25,26). The molecule has 0 spiro atoms. The van der Waals surface area contributed by atoms with E-state index in [1.54, 1.807) is 26.1 Å². The Kier molecular flexibility index (Phi) is 7.65. The van der Waals surface area contributed by atoms with E-state index < -0.39 is 11.9 Å². The lowest BCUT2D eigenvalue weighted by Crippen LogP contribution is -2.47. The number of carboxylic acids is 1. The smallest absolute Gasteiger partial charge is 0.308 e. The minimum Gasteiger partial charge on any atom is -0.481 e. The summed E-state index contributed by atoms with van der Waals surface area (Å²) in [5.74, 6) is -1.87. The third-order valence-electron chi connectivity index (χ3n) is 4.61. The molecule has 6 nitrogen and oxygen atoms in total. The normalized spacial score (nSPS) is 18.0. The van der Waals surface area contributed by atoms with Crippen LogP contribution in [0.1, 0.15) is 19.8 Å². The van der Waals surface area contributed by atoms with E-state index in [0.717, 1.165) is 4.90 Å². The van der Waals surface area contributed by atoms with Crippen molar-refractivity contribution >= 4 is 29.5 Å². The highest BCUT2D eigenvalue weighted by Crippen LogP contribution is 2.22. The van der Waals surface area contributed by atoms with Gasteiger partial charge in [0.1, 0.15) is 5.82 Å². The summed E-state index contributed by atoms with van der Waals surface area (Å²) in [5, 5.41) is 9.12. The number of amides is 2. The van der Waals surface area contributed by atoms with Gasteiger partial charge in [0.25, 0.3) is 0 Å². The van der Waals surface area contributed by atoms with Crippen molar-refractivity contribution in [1.29, 1.82) is 0 Å². The molecular formula is C19H25FN2O4S. The molecule has 1 aromatic rings. The van der Waals surface area contributed by atoms with Crippen LogP contribution in [0.2, 0.25) is 0 Å². The van der Waals surface area contributed by atoms with Crippen LogP contribution >= 0.6 is 11.8 Å². The lowest BCUT2D eigenvalue weighted by atomic mass is 9.98. The number of aliphatic carboxylic acids is 1. The number of piperidine rings is 1. The Bertz CT molecular complexity index is 683. The predicted octanol–water partition coefficient (Wildman–Crippen LogP) is 2.34. The van der Waals surface area contributed by atoms with Crippen molar-refractivity contribution in [2.75, 3.05) is 32.4 Å². The molecule has 1 heterocycles. The van der Waals surface area contributed by atoms with Gasteiger partial charge < -0.3 is 14.9 Å². The molecule has 0 aliphatic carbocycles. The van der Waals surface area contributed by atoms with Crippen LogP contribution in [0.15, 0.2) is 29.2 Å². The second kappa shape index (κ2) is 9.73. The molecule has 0 aromatic heterocycles. The highest BCUT2D eigenvalue weighted by atomic mass is 32.2. The number of carbonyl (C=O) groups is 3. The summed E-state index contributed by atoms with van der Waals surface area (Å²) in [6.07, 6.45) is 1.23. The average Bonchev–Trinajstić information content (AvgIpc) is 2.66. The molecule has 0 radical (unpaired) electrons. The molecule has 148 valence electrons. The number of carbonyl (C=O) groups excluding carboxylic acids is 2. The summed E-state index contributed by atoms with van der Waals surface area (Å²) in [6.45, 7) is 2.46. The summed E-state index contributed by atoms with van der Waals surface area (Å²) < 4.78 is 12.9. The van der Waals surface area contributed by atoms with Crippen molar-refractivity contribution in [1.82, 2.24) is 9.80 Å². The molecule has 0 saturated carbocycles. The number of likely N-dealkylation sites (N-methyl/N-ethyl adjacent to an activating group) is 1. The van der Waals surface area contributed by atoms with Crippen molar-refractivity contribution in [3.8, 4) is 0 Å². The summed E-state index contributed by atoms with van der Waals surface area (Å²) in [4.78, 5) is 39.8. The van der Waals surface area contributed by atoms with Gasteiger partial charge >= 0.3 is 5.97 Å². The number of thioether (sulfide) groups is 1. The van der Waals surface area contributed by atoms with Crippen molar-refractivity contribution in [2.45, 2.75) is 24.7 Å². The van der Waals surface area contributed by atoms with E-state index in [1.807, 2.05) is 0 Å². The number of nitrogens with zero attached hydrogens (tertiary/aromatic N) is 2. The maximum absolute atomic E-state index is 12.9. The zero-order chi connectivity index (χ0) is 20.0. The quantitative estimate of drug-likeness (QED) is 0.716. The highest BCUT2D eigenvalue weighted by molar-refractivity contribution is 7.99. The minimum absolute atomic E-state index is 0.0588. The maximum atomic E-state index is 12.9. The van der Waals surface area contributed by atoms with Crippen LogP contribution in [-0.4, -0.2) is 65.1 Å². The van der Waals surface area contributed by atoms with E-state index >= 15 is 0 Å². The summed E-state index contributed by atoms with van der Waals surface area (Å²) in [6, 6.07) is 6.09. The van der Waals surface area contributed by atoms with Crippen LogP contribution in [0, 0.1) is 17.7 Å². The number of hydrogen-bond donors (Lipinski definition) is 1. The minimum atomic E-state index is -0.886. The van der Waals surface area contributed by atoms with Gasteiger partial charge in [0.05, 0.1) is 12.5 Å². The first kappa shape index (κ1) is 21.2. The van der Waals surface area contributed by atoms with E-state index in [4.69, 9.17) is 5.11 Å². The highest BCUT2D eigenvalue weighted by Gasteiger charge is 2.29. The van der Waals surface area contributed by atoms with Gasteiger partial charge in [-0.1, -0.05) is 6.92 Å². The van der Waals surface area contributed by atoms with Crippen LogP contribution in [0.25, 0.3) is 0 Å². The molecule has 1 saturated heterocycles. The van der Waals surface area contributed by atoms with Crippen molar-refractivity contribution < 1.29 is 23.9 Å². The Labute approximate surface area is 162 Å². The Morgan fingerprint density at radius 1 is 1.33 bits per heavy atom. The molecule has 1 N–H and O–H groups in total. The molecule has 1 fully saturated rings. The van der Waals surface area contributed by atoms with Crippen LogP contribution in [0.4, 0.5) is 4.39 Å². The summed E-state index contributed by atoms with van der Waals surface area (Å²) in [7, 11) is 1.58. The van der Waals surface area contributed by atoms with Crippen LogP contribution < -0.4 is 0 Å². The molecule has 1 aromatic carbocycles. The molecule has 2 atom stereocenters. The number of carboxylic acid groups (broad SMARTS) is 1. The Morgan fingerprint density at radius 3 is 2.63 bits per heavy atom. The summed E-state index contributed by atoms with van der Waals surface area (Å²) in [5.41, 5.74) is 0. The molecule has 0 bridgehead atoms. The van der Waals surface area contributed by atoms with Crippen LogP contribution in [0.5, 0.6) is 0 Å². The number of likely N-dealkylation sites (tertiary alicyclic amines) is 1. The van der Waals surface area contributed by atoms with Gasteiger partial charge in [-0.05, 0) is 37.1 Å². The predicted molar refractivity (Wildman–Crippen MR) is 101 cm³/mol. The fourth-order valence-corrected chi connectivity index (χ4v) is 3.90. The van der Waals surface area contributed by atoms with Crippen molar-refractivity contribution in [3.05, 3.63) is 30.1 Å². The second-order valence-corrected chi connectivity index (χ2v) is 7.97. The van der Waals surface area contributed by atoms with Crippen molar-refractivity contribution in [3.63, 3.8) is 0 Å². The first-order valence-corrected chi connectivity index (χ1v) is 9.90. The molecule has 1 aliphatic heterocycles. The first-order chi connectivity index (χ1) is 12.8. The van der Waals surface area contributed by atoms with E-state index in [-0.39, 0.29) is 36.6 Å². The molecule has 2 amide bonds. The van der Waals surface area contributed by atoms with E-state index in [0.29, 0.717) is 25.1 Å². The Balaban J connectivity index is 1.82. The van der Waals surface area contributed by atoms with E-state index in [9.17, 15) is 18.8 Å². The van der Waals surface area contributed by atoms with Gasteiger partial charge in [-0.3, -0.25) is 14.4 Å². The molecule has 1 aliphatic rings. The number of halogens is 1. The van der Waals surface area contributed by atoms with Gasteiger partial charge in [0.15, 0.2) is 0 Å². The van der Waals surface area contributed by atoms with Gasteiger partial charge in [0, 0.05) is 36.7 Å². The monoisotopic (exact) mass is 396 g/mol. The maximum Gasteiger partial charge on any atom is 0.308 e. The Morgan fingerprint density at radius 2 is 2.00 bits per heavy atom. The fourth-order valence-electron chi connectivity index (χ4n) is 2.99. The molecule has 2 unspecified atom stereocenters. The number of rotatable bonds is 7. The van der Waals surface area contributed by atoms with E-state index in [2.05, 4.69) is 0 Å². The summed E-state index contributed by atoms with van der Waals surface area (Å²) >= 11 is 1.46. The zero-order valence-electron chi connectivity index (χ0n) is 15.6. The molecule has 2 rings (SSSR count). The SMILES string of the molecule is CC(CSc1ccc(F)cc1)C(=O)N(C)CC(=O)N1CCCC(C(=O)O)C1. The van der Waals surface area contributed by atoms with Crippen LogP contribution in [-0.2, 0) is 14.4 Å². The van der Waals surface area contributed by atoms with Gasteiger partial charge in [-0.15, -0.1) is 11.8 Å². The second-order valence-electron chi connectivity index (χ2n) is 6.88. The van der Waals surface area contributed by atoms with Gasteiger partial charge in [-0.25, -0.2) is 4.39 Å². The fraction of sp³-hybridized carbons (Fsp3) is 0.526. The molecular weight excluding hydrogens is 371 g/mol. The topological polar surface area (TPSA) is 77.9 Å². The van der Waals surface area contributed by atoms with Crippen molar-refractivity contribution in [2.24, 2.45) is 11.8 Å². The molecule has 8 heteroatoms. The van der Waals surface area contributed by atoms with E-state index in [1.165, 1.54) is 33.7 Å². The lowest BCUT2D eigenvalue weighted by molar-refractivity contribution is -0.147. The van der Waals surface area contributed by atoms with Gasteiger partial charge in [-0.2, -0.15) is 0 Å². The average molecular weight is 396 g/mol. The van der Waals surface area contributed by atoms with Gasteiger partial charge in [0.2, 0.25) is 11.8 Å².